The molecule has 0 saturated carbocycles. The van der Waals surface area contributed by atoms with E-state index in [2.05, 4.69) is 31.9 Å². The Bertz CT molecular complexity index is 946. The number of nitrogens with zero attached hydrogens (tertiary/aromatic N) is 5. The number of benzene rings is 1. The molecule has 0 atom stereocenters. The molecule has 0 unspecified atom stereocenters. The van der Waals surface area contributed by atoms with E-state index in [9.17, 15) is 4.79 Å². The zero-order valence-electron chi connectivity index (χ0n) is 15.7. The fraction of sp³-hybridized carbons (Fsp3) is 0.350. The molecular formula is C20H24N6O. The fourth-order valence-corrected chi connectivity index (χ4v) is 3.53. The molecule has 3 aromatic rings. The van der Waals surface area contributed by atoms with Gasteiger partial charge in [0.25, 0.3) is 0 Å². The minimum Gasteiger partial charge on any atom is -0.342 e. The summed E-state index contributed by atoms with van der Waals surface area (Å²) in [4.78, 5) is 25.2. The number of imidazole rings is 1. The van der Waals surface area contributed by atoms with Crippen LogP contribution in [0.5, 0.6) is 0 Å². The van der Waals surface area contributed by atoms with E-state index in [0.717, 1.165) is 36.8 Å². The lowest BCUT2D eigenvalue weighted by Gasteiger charge is -2.19. The van der Waals surface area contributed by atoms with E-state index in [0.29, 0.717) is 5.65 Å². The van der Waals surface area contributed by atoms with Gasteiger partial charge in [-0.1, -0.05) is 30.3 Å². The lowest BCUT2D eigenvalue weighted by molar-refractivity contribution is 0.249. The van der Waals surface area contributed by atoms with Gasteiger partial charge >= 0.3 is 6.03 Å². The Balaban J connectivity index is 1.81. The highest BCUT2D eigenvalue weighted by atomic mass is 16.2. The van der Waals surface area contributed by atoms with Gasteiger partial charge in [0.05, 0.1) is 23.9 Å². The largest absolute Gasteiger partial charge is 0.342 e. The van der Waals surface area contributed by atoms with Crippen LogP contribution in [-0.4, -0.2) is 47.8 Å². The van der Waals surface area contributed by atoms with Crippen LogP contribution in [0, 0.1) is 0 Å². The summed E-state index contributed by atoms with van der Waals surface area (Å²) in [6.45, 7) is 2.75. The van der Waals surface area contributed by atoms with Crippen LogP contribution in [0.15, 0.2) is 42.6 Å². The zero-order chi connectivity index (χ0) is 18.8. The van der Waals surface area contributed by atoms with Crippen molar-refractivity contribution >= 4 is 28.8 Å². The number of pyridine rings is 1. The summed E-state index contributed by atoms with van der Waals surface area (Å²) < 4.78 is 2.21. The van der Waals surface area contributed by atoms with E-state index in [-0.39, 0.29) is 6.03 Å². The monoisotopic (exact) mass is 364 g/mol. The maximum atomic E-state index is 12.0. The Hall–Kier alpha value is -3.09. The van der Waals surface area contributed by atoms with Gasteiger partial charge in [-0.3, -0.25) is 4.90 Å². The third-order valence-electron chi connectivity index (χ3n) is 5.05. The van der Waals surface area contributed by atoms with Crippen LogP contribution in [0.4, 0.5) is 16.4 Å². The first-order valence-corrected chi connectivity index (χ1v) is 9.28. The predicted octanol–water partition coefficient (Wildman–Crippen LogP) is 2.86. The molecule has 3 heterocycles. The highest BCUT2D eigenvalue weighted by Gasteiger charge is 2.22. The summed E-state index contributed by atoms with van der Waals surface area (Å²) in [6, 6.07) is 12.2. The molecule has 2 amide bonds. The van der Waals surface area contributed by atoms with Gasteiger partial charge in [0.15, 0.2) is 5.65 Å². The number of carbonyl (C=O) groups excluding carboxylic acids is 1. The molecule has 0 aliphatic carbocycles. The lowest BCUT2D eigenvalue weighted by Crippen LogP contribution is -2.34. The summed E-state index contributed by atoms with van der Waals surface area (Å²) in [5.41, 5.74) is 3.60. The predicted molar refractivity (Wildman–Crippen MR) is 107 cm³/mol. The lowest BCUT2D eigenvalue weighted by atomic mass is 10.2. The van der Waals surface area contributed by atoms with Gasteiger partial charge in [0, 0.05) is 27.2 Å². The van der Waals surface area contributed by atoms with E-state index in [4.69, 9.17) is 4.98 Å². The first kappa shape index (κ1) is 17.3. The molecule has 140 valence electrons. The summed E-state index contributed by atoms with van der Waals surface area (Å²) >= 11 is 0. The summed E-state index contributed by atoms with van der Waals surface area (Å²) in [7, 11) is 3.36. The van der Waals surface area contributed by atoms with Crippen molar-refractivity contribution in [2.75, 3.05) is 37.0 Å². The third-order valence-corrected chi connectivity index (χ3v) is 5.05. The fourth-order valence-electron chi connectivity index (χ4n) is 3.53. The highest BCUT2D eigenvalue weighted by molar-refractivity contribution is 5.93. The van der Waals surface area contributed by atoms with Crippen LogP contribution in [-0.2, 0) is 6.54 Å². The Kier molecular flexibility index (Phi) is 4.66. The van der Waals surface area contributed by atoms with Crippen LogP contribution in [0.2, 0.25) is 0 Å². The maximum Gasteiger partial charge on any atom is 0.321 e. The SMILES string of the molecule is CNC(=O)N(C)c1cnc2nc(N3CCCC3)n(Cc3ccccc3)c2c1. The van der Waals surface area contributed by atoms with Crippen molar-refractivity contribution < 1.29 is 4.79 Å². The van der Waals surface area contributed by atoms with Gasteiger partial charge in [-0.2, -0.15) is 4.98 Å². The number of nitrogens with one attached hydrogen (secondary N) is 1. The van der Waals surface area contributed by atoms with E-state index in [1.54, 1.807) is 25.2 Å². The number of aromatic nitrogens is 3. The van der Waals surface area contributed by atoms with Crippen molar-refractivity contribution in [1.29, 1.82) is 0 Å². The van der Waals surface area contributed by atoms with E-state index in [1.165, 1.54) is 18.4 Å². The summed E-state index contributed by atoms with van der Waals surface area (Å²) in [5, 5.41) is 2.64. The molecule has 1 aliphatic rings. The normalized spacial score (nSPS) is 13.9. The van der Waals surface area contributed by atoms with Crippen LogP contribution in [0.3, 0.4) is 0 Å². The average molecular weight is 364 g/mol. The number of amides is 2. The Morgan fingerprint density at radius 2 is 1.96 bits per heavy atom. The molecule has 1 aromatic carbocycles. The smallest absolute Gasteiger partial charge is 0.321 e. The Morgan fingerprint density at radius 3 is 2.67 bits per heavy atom. The molecule has 7 heteroatoms. The molecular weight excluding hydrogens is 340 g/mol. The van der Waals surface area contributed by atoms with Gasteiger partial charge in [-0.25, -0.2) is 9.78 Å². The third kappa shape index (κ3) is 3.32. The first-order chi connectivity index (χ1) is 13.2. The number of rotatable bonds is 4. The van der Waals surface area contributed by atoms with Crippen LogP contribution < -0.4 is 15.1 Å². The number of carbonyl (C=O) groups is 1. The van der Waals surface area contributed by atoms with Gasteiger partial charge in [-0.05, 0) is 24.5 Å². The van der Waals surface area contributed by atoms with Crippen molar-refractivity contribution in [3.63, 3.8) is 0 Å². The molecule has 0 spiro atoms. The first-order valence-electron chi connectivity index (χ1n) is 9.28. The minimum atomic E-state index is -0.176. The van der Waals surface area contributed by atoms with Crippen molar-refractivity contribution in [2.45, 2.75) is 19.4 Å². The second-order valence-electron chi connectivity index (χ2n) is 6.83. The Labute approximate surface area is 158 Å². The molecule has 1 N–H and O–H groups in total. The highest BCUT2D eigenvalue weighted by Crippen LogP contribution is 2.28. The second kappa shape index (κ2) is 7.26. The molecule has 0 radical (unpaired) electrons. The van der Waals surface area contributed by atoms with Crippen molar-refractivity contribution in [1.82, 2.24) is 19.9 Å². The number of anilines is 2. The quantitative estimate of drug-likeness (QED) is 0.773. The molecule has 1 fully saturated rings. The maximum absolute atomic E-state index is 12.0. The zero-order valence-corrected chi connectivity index (χ0v) is 15.7. The molecule has 7 nitrogen and oxygen atoms in total. The topological polar surface area (TPSA) is 66.3 Å². The van der Waals surface area contributed by atoms with Crippen molar-refractivity contribution in [3.05, 3.63) is 48.2 Å². The Morgan fingerprint density at radius 1 is 1.22 bits per heavy atom. The number of fused-ring (bicyclic) bond motifs is 1. The van der Waals surface area contributed by atoms with Crippen LogP contribution in [0.1, 0.15) is 18.4 Å². The molecule has 1 saturated heterocycles. The van der Waals surface area contributed by atoms with Crippen molar-refractivity contribution in [2.24, 2.45) is 0 Å². The summed E-state index contributed by atoms with van der Waals surface area (Å²) in [5.74, 6) is 0.957. The minimum absolute atomic E-state index is 0.176. The van der Waals surface area contributed by atoms with Gasteiger partial charge in [0.1, 0.15) is 0 Å². The molecule has 27 heavy (non-hydrogen) atoms. The number of urea groups is 1. The van der Waals surface area contributed by atoms with Crippen LogP contribution >= 0.6 is 0 Å². The number of hydrogen-bond donors (Lipinski definition) is 1. The summed E-state index contributed by atoms with van der Waals surface area (Å²) in [6.07, 6.45) is 4.07. The van der Waals surface area contributed by atoms with Crippen LogP contribution in [0.25, 0.3) is 11.2 Å². The van der Waals surface area contributed by atoms with Gasteiger partial charge in [0.2, 0.25) is 5.95 Å². The average Bonchev–Trinajstić information content (AvgIpc) is 3.35. The van der Waals surface area contributed by atoms with E-state index in [1.807, 2.05) is 24.3 Å². The molecule has 1 aliphatic heterocycles. The molecule has 2 aromatic heterocycles. The standard InChI is InChI=1S/C20H24N6O/c1-21-20(27)24(2)16-12-17-18(22-13-16)23-19(25-10-6-7-11-25)26(17)14-15-8-4-3-5-9-15/h3-5,8-9,12-13H,6-7,10-11,14H2,1-2H3,(H,21,27). The second-order valence-corrected chi connectivity index (χ2v) is 6.83. The van der Waals surface area contributed by atoms with Gasteiger partial charge in [-0.15, -0.1) is 0 Å². The molecule has 4 rings (SSSR count). The molecule has 0 bridgehead atoms. The number of hydrogen-bond acceptors (Lipinski definition) is 4. The van der Waals surface area contributed by atoms with E-state index >= 15 is 0 Å². The van der Waals surface area contributed by atoms with E-state index < -0.39 is 0 Å². The van der Waals surface area contributed by atoms with Crippen molar-refractivity contribution in [3.8, 4) is 0 Å². The van der Waals surface area contributed by atoms with Gasteiger partial charge < -0.3 is 14.8 Å².